The average Bonchev–Trinajstić information content (AvgIpc) is 3.57. The van der Waals surface area contributed by atoms with Gasteiger partial charge in [0.1, 0.15) is 0 Å². The van der Waals surface area contributed by atoms with Crippen molar-refractivity contribution in [1.82, 2.24) is 4.98 Å². The molecule has 1 unspecified atom stereocenters. The first kappa shape index (κ1) is 28.7. The fraction of sp³-hybridized carbons (Fsp3) is 0.194. The van der Waals surface area contributed by atoms with Crippen LogP contribution in [0.15, 0.2) is 102 Å². The summed E-state index contributed by atoms with van der Waals surface area (Å²) in [4.78, 5) is 4.82. The van der Waals surface area contributed by atoms with Crippen molar-refractivity contribution in [1.29, 1.82) is 0 Å². The molecule has 0 spiro atoms. The van der Waals surface area contributed by atoms with E-state index in [1.807, 2.05) is 12.3 Å². The summed E-state index contributed by atoms with van der Waals surface area (Å²) >= 11 is -4.80. The number of rotatable bonds is 5. The maximum atomic E-state index is 8.50. The minimum atomic E-state index is -4.80. The molecular weight excluding hydrogens is 665 g/mol. The van der Waals surface area contributed by atoms with Crippen LogP contribution >= 0.6 is 17.0 Å². The molecular formula is C36H36Cl2NSi2Zr. The van der Waals surface area contributed by atoms with Gasteiger partial charge in [0.05, 0.1) is 0 Å². The van der Waals surface area contributed by atoms with Gasteiger partial charge < -0.3 is 0 Å². The van der Waals surface area contributed by atoms with Gasteiger partial charge in [-0.3, -0.25) is 0 Å². The molecule has 211 valence electrons. The monoisotopic (exact) mass is 698 g/mol. The Morgan fingerprint density at radius 2 is 1.50 bits per heavy atom. The third kappa shape index (κ3) is 4.20. The zero-order chi connectivity index (χ0) is 29.5. The number of fused-ring (bicyclic) bond motifs is 5. The van der Waals surface area contributed by atoms with Gasteiger partial charge >= 0.3 is 261 Å². The molecule has 0 aliphatic heterocycles. The number of hydrogen-bond donors (Lipinski definition) is 0. The molecule has 6 heteroatoms. The molecule has 1 heterocycles. The third-order valence-electron chi connectivity index (χ3n) is 9.78. The zero-order valence-corrected chi connectivity index (χ0v) is 31.0. The molecule has 1 nitrogen and oxygen atoms in total. The first-order valence-corrected chi connectivity index (χ1v) is 34.6. The molecule has 4 aromatic carbocycles. The summed E-state index contributed by atoms with van der Waals surface area (Å²) < 4.78 is 1.40. The zero-order valence-electron chi connectivity index (χ0n) is 24.9. The van der Waals surface area contributed by atoms with Crippen molar-refractivity contribution >= 4 is 51.3 Å². The number of nitrogens with zero attached hydrogens (tertiary/aromatic N) is 1. The van der Waals surface area contributed by atoms with E-state index in [0.29, 0.717) is 0 Å². The summed E-state index contributed by atoms with van der Waals surface area (Å²) in [6, 6.07) is 33.1. The van der Waals surface area contributed by atoms with Crippen molar-refractivity contribution in [2.45, 2.75) is 42.8 Å². The van der Waals surface area contributed by atoms with E-state index in [0.717, 1.165) is 22.9 Å². The van der Waals surface area contributed by atoms with Gasteiger partial charge in [-0.15, -0.1) is 0 Å². The van der Waals surface area contributed by atoms with Gasteiger partial charge in [-0.25, -0.2) is 0 Å². The number of halogens is 2. The molecule has 5 aromatic rings. The first-order chi connectivity index (χ1) is 20.0. The molecule has 1 atom stereocenters. The van der Waals surface area contributed by atoms with Crippen LogP contribution in [0.3, 0.4) is 0 Å². The molecule has 0 saturated heterocycles. The Bertz CT molecular complexity index is 1940. The predicted molar refractivity (Wildman–Crippen MR) is 186 cm³/mol. The first-order valence-electron chi connectivity index (χ1n) is 15.0. The minimum absolute atomic E-state index is 0.0895. The van der Waals surface area contributed by atoms with Crippen LogP contribution < -0.4 is 3.27 Å². The van der Waals surface area contributed by atoms with Crippen LogP contribution in [0.4, 0.5) is 0 Å². The maximum absolute atomic E-state index is 8.50. The Kier molecular flexibility index (Phi) is 6.81. The van der Waals surface area contributed by atoms with Gasteiger partial charge in [-0.2, -0.15) is 0 Å². The molecule has 0 saturated carbocycles. The molecule has 0 fully saturated rings. The van der Waals surface area contributed by atoms with Gasteiger partial charge in [-0.05, 0) is 0 Å². The van der Waals surface area contributed by atoms with Gasteiger partial charge in [-0.1, -0.05) is 0 Å². The molecule has 1 aromatic heterocycles. The quantitative estimate of drug-likeness (QED) is 0.163. The fourth-order valence-electron chi connectivity index (χ4n) is 7.50. The number of aromatic nitrogens is 1. The number of para-hydroxylation sites is 1. The standard InChI is InChI=1S/C21H20NSi.C13H9.C2H7Si.2ClH.Zr/c1-23(2,3)18-12-15-8-6-9-19(20(15)13-18)17-11-16-7-4-5-10-21(16)22-14-17;1-3-7-12-10(5-1)9-11-6-2-4-8-13(11)12;1-3-2;;;/h4-14H,1-3H3;1-5,7-8H,9H2;3H,1-2H3;2*1H;/q;;;;;+2/p-2. The van der Waals surface area contributed by atoms with Gasteiger partial charge in [0, 0.05) is 0 Å². The van der Waals surface area contributed by atoms with Gasteiger partial charge in [0.2, 0.25) is 0 Å². The Balaban J connectivity index is 1.48. The van der Waals surface area contributed by atoms with Crippen molar-refractivity contribution in [3.63, 3.8) is 0 Å². The molecule has 2 aliphatic carbocycles. The van der Waals surface area contributed by atoms with Gasteiger partial charge in [0.25, 0.3) is 0 Å². The molecule has 42 heavy (non-hydrogen) atoms. The van der Waals surface area contributed by atoms with Crippen molar-refractivity contribution in [3.8, 4) is 22.3 Å². The van der Waals surface area contributed by atoms with Crippen molar-refractivity contribution < 1.29 is 15.6 Å². The number of benzene rings is 4. The van der Waals surface area contributed by atoms with Gasteiger partial charge in [0.15, 0.2) is 0 Å². The van der Waals surface area contributed by atoms with E-state index in [-0.39, 0.29) is 3.63 Å². The molecule has 0 amide bonds. The second-order valence-corrected chi connectivity index (χ2v) is 60.0. The Morgan fingerprint density at radius 1 is 0.810 bits per heavy atom. The Labute approximate surface area is 259 Å². The summed E-state index contributed by atoms with van der Waals surface area (Å²) in [6.07, 6.45) is 5.45. The van der Waals surface area contributed by atoms with Crippen LogP contribution in [0.2, 0.25) is 32.7 Å². The second-order valence-electron chi connectivity index (χ2n) is 13.5. The van der Waals surface area contributed by atoms with E-state index in [1.165, 1.54) is 47.4 Å². The summed E-state index contributed by atoms with van der Waals surface area (Å²) in [5, 5.41) is 2.67. The van der Waals surface area contributed by atoms with Crippen LogP contribution in [0.25, 0.3) is 39.2 Å². The van der Waals surface area contributed by atoms with E-state index >= 15 is 0 Å². The van der Waals surface area contributed by atoms with Crippen LogP contribution in [0.5, 0.6) is 0 Å². The third-order valence-corrected chi connectivity index (χ3v) is 62.5. The van der Waals surface area contributed by atoms with Crippen LogP contribution in [0.1, 0.15) is 25.9 Å². The van der Waals surface area contributed by atoms with Crippen molar-refractivity contribution in [3.05, 3.63) is 125 Å². The van der Waals surface area contributed by atoms with Crippen LogP contribution in [-0.4, -0.2) is 19.0 Å². The molecule has 0 N–H and O–H groups in total. The predicted octanol–water partition coefficient (Wildman–Crippen LogP) is 10.1. The van der Waals surface area contributed by atoms with Crippen molar-refractivity contribution in [2.24, 2.45) is 0 Å². The van der Waals surface area contributed by atoms with E-state index in [2.05, 4.69) is 124 Å². The summed E-state index contributed by atoms with van der Waals surface area (Å²) in [7, 11) is 15.2. The number of hydrogen-bond acceptors (Lipinski definition) is 1. The summed E-state index contributed by atoms with van der Waals surface area (Å²) in [6.45, 7) is 12.2. The van der Waals surface area contributed by atoms with E-state index in [4.69, 9.17) is 22.0 Å². The molecule has 2 aliphatic rings. The van der Waals surface area contributed by atoms with Crippen molar-refractivity contribution in [2.75, 3.05) is 0 Å². The summed E-state index contributed by atoms with van der Waals surface area (Å²) in [5.74, 6) is -1.61. The van der Waals surface area contributed by atoms with E-state index in [9.17, 15) is 0 Å². The topological polar surface area (TPSA) is 12.9 Å². The van der Waals surface area contributed by atoms with E-state index < -0.39 is 29.6 Å². The van der Waals surface area contributed by atoms with Crippen LogP contribution in [0, 0.1) is 0 Å². The number of pyridine rings is 1. The SMILES string of the molecule is C[SiH](C)[Zr]([Cl])([Cl])([c]1cccc2c1Cc1ccccc1-2)[CH]1C([Si](C)(C)C)=Cc2c(-c3cnc4ccccc4c3)cccc21. The average molecular weight is 701 g/mol. The molecule has 0 bridgehead atoms. The summed E-state index contributed by atoms with van der Waals surface area (Å²) in [5.41, 5.74) is 11.5. The Hall–Kier alpha value is -2.07. The molecule has 7 rings (SSSR count). The normalized spacial score (nSPS) is 17.0. The Morgan fingerprint density at radius 3 is 2.29 bits per heavy atom. The second kappa shape index (κ2) is 9.97. The van der Waals surface area contributed by atoms with Crippen LogP contribution in [-0.2, 0) is 22.0 Å². The molecule has 0 radical (unpaired) electrons. The van der Waals surface area contributed by atoms with E-state index in [1.54, 1.807) is 0 Å². The fourth-order valence-corrected chi connectivity index (χ4v) is 42.9. The number of allylic oxidation sites excluding steroid dienone is 1.